The van der Waals surface area contributed by atoms with E-state index >= 15 is 0 Å². The Morgan fingerprint density at radius 1 is 1.12 bits per heavy atom. The number of sulfonamides is 1. The van der Waals surface area contributed by atoms with Crippen LogP contribution in [0.3, 0.4) is 0 Å². The molecule has 1 N–H and O–H groups in total. The summed E-state index contributed by atoms with van der Waals surface area (Å²) in [6, 6.07) is 21.1. The molecule has 0 spiro atoms. The number of nitrogens with zero attached hydrogens (tertiary/aromatic N) is 3. The minimum absolute atomic E-state index is 0.0307. The number of rotatable bonds is 5. The van der Waals surface area contributed by atoms with Crippen molar-refractivity contribution in [2.45, 2.75) is 10.8 Å². The van der Waals surface area contributed by atoms with Gasteiger partial charge in [-0.05, 0) is 47.5 Å². The van der Waals surface area contributed by atoms with E-state index in [1.807, 2.05) is 0 Å². The van der Waals surface area contributed by atoms with Gasteiger partial charge < -0.3 is 0 Å². The molecule has 1 heterocycles. The Labute approximate surface area is 196 Å². The number of nitrogens with one attached hydrogen (secondary N) is 1. The first-order chi connectivity index (χ1) is 15.9. The number of hydrazone groups is 1. The Balaban J connectivity index is 1.77. The number of hydrogen-bond donors (Lipinski definition) is 1. The minimum Gasteiger partial charge on any atom is -0.277 e. The zero-order valence-corrected chi connectivity index (χ0v) is 19.1. The van der Waals surface area contributed by atoms with Crippen LogP contribution in [0.1, 0.15) is 17.0 Å². The molecule has 0 amide bonds. The topological polar surface area (TPSA) is 83.4 Å². The van der Waals surface area contributed by atoms with E-state index in [4.69, 9.17) is 16.4 Å². The zero-order chi connectivity index (χ0) is 23.4. The molecular weight excluding hydrogens is 467 g/mol. The Morgan fingerprint density at radius 2 is 1.85 bits per heavy atom. The summed E-state index contributed by atoms with van der Waals surface area (Å²) in [5.41, 5.74) is 4.57. The highest BCUT2D eigenvalue weighted by Crippen LogP contribution is 2.30. The highest BCUT2D eigenvalue weighted by molar-refractivity contribution is 7.90. The predicted octanol–water partition coefficient (Wildman–Crippen LogP) is 4.18. The van der Waals surface area contributed by atoms with E-state index in [-0.39, 0.29) is 29.1 Å². The SMILES string of the molecule is CONC(=NS(=O)(=O)c1ccccc1)N1CC(c2cccc(F)c2)C(c2ccc(Cl)cc2)=N1. The standard InChI is InChI=1S/C23H20ClFN4O3S/c1-32-27-23(28-33(30,31)20-8-3-2-4-9-20)29-15-21(17-6-5-7-19(25)14-17)22(26-29)16-10-12-18(24)13-11-16/h2-14,21H,15H2,1H3,(H,27,28). The van der Waals surface area contributed by atoms with Gasteiger partial charge >= 0.3 is 0 Å². The second kappa shape index (κ2) is 9.70. The molecule has 0 saturated carbocycles. The molecule has 33 heavy (non-hydrogen) atoms. The molecule has 4 rings (SSSR count). The van der Waals surface area contributed by atoms with Gasteiger partial charge in [-0.25, -0.2) is 14.9 Å². The Morgan fingerprint density at radius 3 is 2.52 bits per heavy atom. The zero-order valence-electron chi connectivity index (χ0n) is 17.5. The van der Waals surface area contributed by atoms with Crippen LogP contribution in [0.5, 0.6) is 0 Å². The molecule has 10 heteroatoms. The largest absolute Gasteiger partial charge is 0.285 e. The Hall–Kier alpha value is -3.27. The summed E-state index contributed by atoms with van der Waals surface area (Å²) in [7, 11) is -2.70. The van der Waals surface area contributed by atoms with Gasteiger partial charge in [0.1, 0.15) is 5.82 Å². The lowest BCUT2D eigenvalue weighted by Gasteiger charge is -2.18. The van der Waals surface area contributed by atoms with E-state index in [0.29, 0.717) is 16.3 Å². The number of hydrogen-bond acceptors (Lipinski definition) is 4. The van der Waals surface area contributed by atoms with Crippen molar-refractivity contribution >= 4 is 33.3 Å². The molecule has 170 valence electrons. The van der Waals surface area contributed by atoms with Crippen molar-refractivity contribution in [2.75, 3.05) is 13.7 Å². The molecule has 0 aliphatic carbocycles. The fourth-order valence-corrected chi connectivity index (χ4v) is 4.56. The van der Waals surface area contributed by atoms with Crippen molar-refractivity contribution in [1.29, 1.82) is 0 Å². The molecule has 0 radical (unpaired) electrons. The van der Waals surface area contributed by atoms with Crippen LogP contribution >= 0.6 is 11.6 Å². The number of hydroxylamine groups is 1. The van der Waals surface area contributed by atoms with Crippen LogP contribution in [0, 0.1) is 5.82 Å². The third kappa shape index (κ3) is 5.22. The smallest absolute Gasteiger partial charge is 0.277 e. The summed E-state index contributed by atoms with van der Waals surface area (Å²) in [6.07, 6.45) is 0. The molecule has 1 atom stereocenters. The average Bonchev–Trinajstić information content (AvgIpc) is 3.25. The van der Waals surface area contributed by atoms with E-state index in [2.05, 4.69) is 15.0 Å². The molecule has 1 aliphatic rings. The summed E-state index contributed by atoms with van der Waals surface area (Å²) in [6.45, 7) is 0.209. The lowest BCUT2D eigenvalue weighted by Crippen LogP contribution is -2.38. The van der Waals surface area contributed by atoms with Crippen LogP contribution in [0.2, 0.25) is 5.02 Å². The van der Waals surface area contributed by atoms with E-state index in [1.165, 1.54) is 36.4 Å². The van der Waals surface area contributed by atoms with Gasteiger partial charge in [-0.2, -0.15) is 13.5 Å². The van der Waals surface area contributed by atoms with Crippen molar-refractivity contribution < 1.29 is 17.6 Å². The quantitative estimate of drug-likeness (QED) is 0.332. The second-order valence-corrected chi connectivity index (χ2v) is 9.23. The van der Waals surface area contributed by atoms with Gasteiger partial charge in [0.15, 0.2) is 0 Å². The van der Waals surface area contributed by atoms with Gasteiger partial charge in [-0.3, -0.25) is 4.84 Å². The van der Waals surface area contributed by atoms with Crippen LogP contribution in [-0.4, -0.2) is 38.8 Å². The molecule has 0 aromatic heterocycles. The molecule has 1 unspecified atom stereocenters. The fourth-order valence-electron chi connectivity index (χ4n) is 3.47. The summed E-state index contributed by atoms with van der Waals surface area (Å²) in [5, 5.41) is 6.57. The molecule has 3 aromatic carbocycles. The summed E-state index contributed by atoms with van der Waals surface area (Å²) in [5.74, 6) is -0.853. The van der Waals surface area contributed by atoms with Crippen LogP contribution < -0.4 is 5.48 Å². The number of guanidine groups is 1. The maximum atomic E-state index is 14.0. The molecule has 3 aromatic rings. The lowest BCUT2D eigenvalue weighted by molar-refractivity contribution is 0.132. The van der Waals surface area contributed by atoms with Crippen molar-refractivity contribution in [1.82, 2.24) is 10.5 Å². The highest BCUT2D eigenvalue weighted by Gasteiger charge is 2.33. The van der Waals surface area contributed by atoms with E-state index in [1.54, 1.807) is 54.6 Å². The third-order valence-electron chi connectivity index (χ3n) is 4.99. The second-order valence-electron chi connectivity index (χ2n) is 7.19. The Bertz CT molecular complexity index is 1300. The van der Waals surface area contributed by atoms with Gasteiger partial charge in [0.2, 0.25) is 0 Å². The van der Waals surface area contributed by atoms with E-state index in [0.717, 1.165) is 5.56 Å². The van der Waals surface area contributed by atoms with Gasteiger partial charge in [0.05, 0.1) is 24.3 Å². The van der Waals surface area contributed by atoms with E-state index in [9.17, 15) is 12.8 Å². The van der Waals surface area contributed by atoms with Crippen LogP contribution in [0.15, 0.2) is 93.3 Å². The molecule has 1 aliphatic heterocycles. The van der Waals surface area contributed by atoms with E-state index < -0.39 is 10.0 Å². The Kier molecular flexibility index (Phi) is 6.73. The van der Waals surface area contributed by atoms with Crippen molar-refractivity contribution in [3.63, 3.8) is 0 Å². The monoisotopic (exact) mass is 486 g/mol. The van der Waals surface area contributed by atoms with Gasteiger partial charge in [0, 0.05) is 10.9 Å². The first kappa shape index (κ1) is 22.9. The normalized spacial score (nSPS) is 16.6. The highest BCUT2D eigenvalue weighted by atomic mass is 35.5. The van der Waals surface area contributed by atoms with Crippen LogP contribution in [0.4, 0.5) is 4.39 Å². The van der Waals surface area contributed by atoms with Gasteiger partial charge in [0.25, 0.3) is 16.0 Å². The summed E-state index contributed by atoms with van der Waals surface area (Å²) < 4.78 is 43.6. The molecule has 0 saturated heterocycles. The molecule has 0 fully saturated rings. The predicted molar refractivity (Wildman–Crippen MR) is 125 cm³/mol. The van der Waals surface area contributed by atoms with Crippen LogP contribution in [0.25, 0.3) is 0 Å². The number of benzene rings is 3. The van der Waals surface area contributed by atoms with Crippen molar-refractivity contribution in [2.24, 2.45) is 9.50 Å². The molecular formula is C23H20ClFN4O3S. The average molecular weight is 487 g/mol. The number of halogens is 2. The molecule has 7 nitrogen and oxygen atoms in total. The summed E-state index contributed by atoms with van der Waals surface area (Å²) in [4.78, 5) is 5.01. The lowest BCUT2D eigenvalue weighted by atomic mass is 9.90. The van der Waals surface area contributed by atoms with Gasteiger partial charge in [-0.1, -0.05) is 54.1 Å². The minimum atomic E-state index is -4.04. The summed E-state index contributed by atoms with van der Waals surface area (Å²) >= 11 is 6.03. The maximum absolute atomic E-state index is 14.0. The van der Waals surface area contributed by atoms with Crippen molar-refractivity contribution in [3.8, 4) is 0 Å². The van der Waals surface area contributed by atoms with Crippen molar-refractivity contribution in [3.05, 3.63) is 101 Å². The first-order valence-electron chi connectivity index (χ1n) is 9.94. The third-order valence-corrected chi connectivity index (χ3v) is 6.52. The first-order valence-corrected chi connectivity index (χ1v) is 11.8. The van der Waals surface area contributed by atoms with Crippen LogP contribution in [-0.2, 0) is 14.9 Å². The fraction of sp³-hybridized carbons (Fsp3) is 0.130. The van der Waals surface area contributed by atoms with Gasteiger partial charge in [-0.15, -0.1) is 4.40 Å². The maximum Gasteiger partial charge on any atom is 0.285 e. The molecule has 0 bridgehead atoms.